The predicted molar refractivity (Wildman–Crippen MR) is 83.2 cm³/mol. The molecule has 0 bridgehead atoms. The number of carbonyl (C=O) groups excluding carboxylic acids is 1. The van der Waals surface area contributed by atoms with Crippen molar-refractivity contribution in [2.24, 2.45) is 0 Å². The Kier molecular flexibility index (Phi) is 6.12. The molecule has 0 aliphatic rings. The normalized spacial score (nSPS) is 12.1. The van der Waals surface area contributed by atoms with Crippen LogP contribution in [0.25, 0.3) is 11.3 Å². The van der Waals surface area contributed by atoms with Crippen LogP contribution in [0.3, 0.4) is 0 Å². The third-order valence-electron chi connectivity index (χ3n) is 3.10. The topological polar surface area (TPSA) is 76.4 Å². The van der Waals surface area contributed by atoms with Gasteiger partial charge in [-0.05, 0) is 6.92 Å². The van der Waals surface area contributed by atoms with Crippen LogP contribution in [0.15, 0.2) is 40.9 Å². The van der Waals surface area contributed by atoms with Crippen LogP contribution in [0.2, 0.25) is 0 Å². The van der Waals surface area contributed by atoms with E-state index < -0.39 is 0 Å². The summed E-state index contributed by atoms with van der Waals surface area (Å²) in [7, 11) is 1.62. The molecular formula is C16H21N3O3. The summed E-state index contributed by atoms with van der Waals surface area (Å²) in [6.07, 6.45) is 1.67. The summed E-state index contributed by atoms with van der Waals surface area (Å²) in [5.74, 6) is 1.07. The molecule has 1 atom stereocenters. The maximum Gasteiger partial charge on any atom is 0.234 e. The number of carbonyl (C=O) groups is 1. The number of nitrogens with one attached hydrogen (secondary N) is 2. The summed E-state index contributed by atoms with van der Waals surface area (Å²) in [4.78, 5) is 16.0. The first-order valence-corrected chi connectivity index (χ1v) is 7.21. The average Bonchev–Trinajstić information content (AvgIpc) is 3.02. The number of nitrogens with zero attached hydrogens (tertiary/aromatic N) is 1. The van der Waals surface area contributed by atoms with Gasteiger partial charge in [0.25, 0.3) is 0 Å². The van der Waals surface area contributed by atoms with Gasteiger partial charge in [-0.15, -0.1) is 0 Å². The second-order valence-electron chi connectivity index (χ2n) is 4.89. The number of benzene rings is 1. The maximum absolute atomic E-state index is 11.8. The van der Waals surface area contributed by atoms with Crippen LogP contribution in [-0.4, -0.2) is 37.7 Å². The zero-order chi connectivity index (χ0) is 15.8. The van der Waals surface area contributed by atoms with Gasteiger partial charge in [0.05, 0.1) is 19.3 Å². The van der Waals surface area contributed by atoms with Crippen LogP contribution in [0.4, 0.5) is 0 Å². The predicted octanol–water partition coefficient (Wildman–Crippen LogP) is 1.75. The Hall–Kier alpha value is -2.18. The van der Waals surface area contributed by atoms with Crippen molar-refractivity contribution in [3.8, 4) is 11.3 Å². The SMILES string of the molecule is COCCNCC(=O)NC(C)c1ncc(-c2ccccc2)o1. The molecule has 0 fully saturated rings. The average molecular weight is 303 g/mol. The van der Waals surface area contributed by atoms with Gasteiger partial charge < -0.3 is 19.8 Å². The molecule has 1 amide bonds. The molecule has 0 aliphatic heterocycles. The molecule has 0 saturated heterocycles. The number of hydrogen-bond acceptors (Lipinski definition) is 5. The van der Waals surface area contributed by atoms with Gasteiger partial charge in [0.15, 0.2) is 5.76 Å². The lowest BCUT2D eigenvalue weighted by Crippen LogP contribution is -2.36. The lowest BCUT2D eigenvalue weighted by Gasteiger charge is -2.11. The highest BCUT2D eigenvalue weighted by atomic mass is 16.5. The number of oxazole rings is 1. The Morgan fingerprint density at radius 2 is 2.14 bits per heavy atom. The Bertz CT molecular complexity index is 583. The van der Waals surface area contributed by atoms with Gasteiger partial charge in [-0.25, -0.2) is 4.98 Å². The van der Waals surface area contributed by atoms with E-state index in [1.54, 1.807) is 13.3 Å². The maximum atomic E-state index is 11.8. The van der Waals surface area contributed by atoms with E-state index in [0.717, 1.165) is 5.56 Å². The van der Waals surface area contributed by atoms with Crippen molar-refractivity contribution >= 4 is 5.91 Å². The third kappa shape index (κ3) is 4.68. The highest BCUT2D eigenvalue weighted by molar-refractivity contribution is 5.78. The molecule has 1 aromatic heterocycles. The fourth-order valence-corrected chi connectivity index (χ4v) is 1.95. The number of hydrogen-bond donors (Lipinski definition) is 2. The fourth-order valence-electron chi connectivity index (χ4n) is 1.95. The number of methoxy groups -OCH3 is 1. The molecule has 6 heteroatoms. The first-order chi connectivity index (χ1) is 10.7. The van der Waals surface area contributed by atoms with Gasteiger partial charge in [-0.3, -0.25) is 4.79 Å². The van der Waals surface area contributed by atoms with Gasteiger partial charge in [0, 0.05) is 19.2 Å². The highest BCUT2D eigenvalue weighted by Gasteiger charge is 2.15. The molecule has 1 aromatic carbocycles. The molecule has 2 aromatic rings. The largest absolute Gasteiger partial charge is 0.438 e. The quantitative estimate of drug-likeness (QED) is 0.727. The molecule has 2 N–H and O–H groups in total. The number of amides is 1. The lowest BCUT2D eigenvalue weighted by atomic mass is 10.2. The van der Waals surface area contributed by atoms with Crippen LogP contribution in [-0.2, 0) is 9.53 Å². The second kappa shape index (κ2) is 8.31. The zero-order valence-corrected chi connectivity index (χ0v) is 12.8. The first kappa shape index (κ1) is 16.2. The van der Waals surface area contributed by atoms with Crippen molar-refractivity contribution in [2.75, 3.05) is 26.8 Å². The van der Waals surface area contributed by atoms with Crippen molar-refractivity contribution < 1.29 is 13.9 Å². The Morgan fingerprint density at radius 1 is 1.36 bits per heavy atom. The van der Waals surface area contributed by atoms with E-state index in [-0.39, 0.29) is 18.5 Å². The summed E-state index contributed by atoms with van der Waals surface area (Å²) in [6, 6.07) is 9.44. The van der Waals surface area contributed by atoms with Crippen molar-refractivity contribution in [1.82, 2.24) is 15.6 Å². The molecule has 0 saturated carbocycles. The minimum atomic E-state index is -0.283. The van der Waals surface area contributed by atoms with Gasteiger partial charge >= 0.3 is 0 Å². The smallest absolute Gasteiger partial charge is 0.234 e. The van der Waals surface area contributed by atoms with Crippen LogP contribution >= 0.6 is 0 Å². The third-order valence-corrected chi connectivity index (χ3v) is 3.10. The minimum Gasteiger partial charge on any atom is -0.438 e. The Balaban J connectivity index is 1.86. The highest BCUT2D eigenvalue weighted by Crippen LogP contribution is 2.22. The van der Waals surface area contributed by atoms with Crippen molar-refractivity contribution in [1.29, 1.82) is 0 Å². The van der Waals surface area contributed by atoms with E-state index in [2.05, 4.69) is 15.6 Å². The molecule has 6 nitrogen and oxygen atoms in total. The molecular weight excluding hydrogens is 282 g/mol. The van der Waals surface area contributed by atoms with E-state index >= 15 is 0 Å². The molecule has 1 heterocycles. The van der Waals surface area contributed by atoms with Crippen LogP contribution in [0, 0.1) is 0 Å². The van der Waals surface area contributed by atoms with Crippen LogP contribution in [0.5, 0.6) is 0 Å². The minimum absolute atomic E-state index is 0.108. The molecule has 118 valence electrons. The van der Waals surface area contributed by atoms with Gasteiger partial charge in [-0.2, -0.15) is 0 Å². The summed E-state index contributed by atoms with van der Waals surface area (Å²) in [5, 5.41) is 5.83. The summed E-state index contributed by atoms with van der Waals surface area (Å²) < 4.78 is 10.6. The van der Waals surface area contributed by atoms with Gasteiger partial charge in [0.1, 0.15) is 6.04 Å². The van der Waals surface area contributed by atoms with Crippen LogP contribution < -0.4 is 10.6 Å². The molecule has 1 unspecified atom stereocenters. The monoisotopic (exact) mass is 303 g/mol. The number of rotatable bonds is 8. The number of ether oxygens (including phenoxy) is 1. The summed E-state index contributed by atoms with van der Waals surface area (Å²) in [6.45, 7) is 3.28. The van der Waals surface area contributed by atoms with Gasteiger partial charge in [0.2, 0.25) is 11.8 Å². The fraction of sp³-hybridized carbons (Fsp3) is 0.375. The standard InChI is InChI=1S/C16H21N3O3/c1-12(19-15(20)11-17-8-9-21-2)16-18-10-14(22-16)13-6-4-3-5-7-13/h3-7,10,12,17H,8-9,11H2,1-2H3,(H,19,20). The second-order valence-corrected chi connectivity index (χ2v) is 4.89. The summed E-state index contributed by atoms with van der Waals surface area (Å²) in [5.41, 5.74) is 0.959. The number of aromatic nitrogens is 1. The summed E-state index contributed by atoms with van der Waals surface area (Å²) >= 11 is 0. The van der Waals surface area contributed by atoms with E-state index in [4.69, 9.17) is 9.15 Å². The van der Waals surface area contributed by atoms with E-state index in [9.17, 15) is 4.79 Å². The first-order valence-electron chi connectivity index (χ1n) is 7.21. The molecule has 0 spiro atoms. The van der Waals surface area contributed by atoms with E-state index in [1.807, 2.05) is 37.3 Å². The van der Waals surface area contributed by atoms with Gasteiger partial charge in [-0.1, -0.05) is 30.3 Å². The van der Waals surface area contributed by atoms with Crippen molar-refractivity contribution in [2.45, 2.75) is 13.0 Å². The molecule has 0 radical (unpaired) electrons. The van der Waals surface area contributed by atoms with Crippen molar-refractivity contribution in [3.63, 3.8) is 0 Å². The molecule has 22 heavy (non-hydrogen) atoms. The van der Waals surface area contributed by atoms with Crippen molar-refractivity contribution in [3.05, 3.63) is 42.4 Å². The van der Waals surface area contributed by atoms with E-state index in [1.165, 1.54) is 0 Å². The lowest BCUT2D eigenvalue weighted by molar-refractivity contribution is -0.121. The Labute approximate surface area is 129 Å². The zero-order valence-electron chi connectivity index (χ0n) is 12.8. The van der Waals surface area contributed by atoms with Crippen LogP contribution in [0.1, 0.15) is 18.9 Å². The molecule has 2 rings (SSSR count). The van der Waals surface area contributed by atoms with E-state index in [0.29, 0.717) is 24.8 Å². The molecule has 0 aliphatic carbocycles. The Morgan fingerprint density at radius 3 is 2.86 bits per heavy atom.